The van der Waals surface area contributed by atoms with Gasteiger partial charge in [0.25, 0.3) is 5.91 Å². The molecule has 0 spiro atoms. The molecule has 1 aliphatic rings. The second kappa shape index (κ2) is 11.5. The number of halogens is 2. The van der Waals surface area contributed by atoms with Gasteiger partial charge in [0.2, 0.25) is 5.91 Å². The van der Waals surface area contributed by atoms with Crippen molar-refractivity contribution in [2.75, 3.05) is 30.5 Å². The lowest BCUT2D eigenvalue weighted by Crippen LogP contribution is -2.28. The molecular weight excluding hydrogens is 552 g/mol. The van der Waals surface area contributed by atoms with Crippen LogP contribution in [0.2, 0.25) is 5.02 Å². The topological polar surface area (TPSA) is 94.2 Å². The minimum absolute atomic E-state index is 0.00682. The molecule has 1 saturated heterocycles. The molecule has 0 aliphatic carbocycles. The maximum absolute atomic E-state index is 12.5. The van der Waals surface area contributed by atoms with E-state index in [0.29, 0.717) is 32.4 Å². The van der Waals surface area contributed by atoms with E-state index >= 15 is 0 Å². The molecule has 0 saturated carbocycles. The molecule has 3 aromatic carbocycles. The van der Waals surface area contributed by atoms with Crippen LogP contribution >= 0.6 is 27.5 Å². The highest BCUT2D eigenvalue weighted by molar-refractivity contribution is 9.10. The van der Waals surface area contributed by atoms with Gasteiger partial charge in [-0.2, -0.15) is 0 Å². The van der Waals surface area contributed by atoms with E-state index in [1.165, 1.54) is 4.90 Å². The molecule has 3 aromatic rings. The Kier molecular flexibility index (Phi) is 8.12. The summed E-state index contributed by atoms with van der Waals surface area (Å²) in [6, 6.07) is 19.1. The van der Waals surface area contributed by atoms with Crippen LogP contribution in [0.15, 0.2) is 71.2 Å². The Morgan fingerprint density at radius 1 is 1.03 bits per heavy atom. The number of carbonyl (C=O) groups is 3. The molecule has 1 aliphatic heterocycles. The van der Waals surface area contributed by atoms with E-state index in [1.807, 2.05) is 0 Å². The zero-order valence-corrected chi connectivity index (χ0v) is 21.5. The molecule has 0 radical (unpaired) electrons. The largest absolute Gasteiger partial charge is 0.497 e. The number of ether oxygens (including phenoxy) is 3. The zero-order valence-electron chi connectivity index (χ0n) is 19.2. The first-order valence-corrected chi connectivity index (χ1v) is 12.1. The first-order chi connectivity index (χ1) is 17.3. The molecular formula is C26H22BrClN2O6. The fraction of sp³-hybridized carbons (Fsp3) is 0.192. The number of rotatable bonds is 8. The average Bonchev–Trinajstić information content (AvgIpc) is 3.27. The molecule has 10 heteroatoms. The van der Waals surface area contributed by atoms with Crippen molar-refractivity contribution in [3.8, 4) is 17.2 Å². The zero-order chi connectivity index (χ0) is 25.7. The smallest absolute Gasteiger partial charge is 0.311 e. The Hall–Kier alpha value is -3.56. The Balaban J connectivity index is 1.28. The molecule has 36 heavy (non-hydrogen) atoms. The van der Waals surface area contributed by atoms with Crippen LogP contribution in [0.3, 0.4) is 0 Å². The van der Waals surface area contributed by atoms with Crippen LogP contribution in [0.4, 0.5) is 11.4 Å². The van der Waals surface area contributed by atoms with Gasteiger partial charge < -0.3 is 24.4 Å². The molecule has 1 N–H and O–H groups in total. The summed E-state index contributed by atoms with van der Waals surface area (Å²) in [7, 11) is 1.59. The number of benzene rings is 3. The summed E-state index contributed by atoms with van der Waals surface area (Å²) < 4.78 is 16.8. The number of hydrogen-bond acceptors (Lipinski definition) is 6. The molecule has 186 valence electrons. The quantitative estimate of drug-likeness (QED) is 0.361. The van der Waals surface area contributed by atoms with Crippen molar-refractivity contribution in [3.63, 3.8) is 0 Å². The molecule has 0 unspecified atom stereocenters. The maximum atomic E-state index is 12.5. The summed E-state index contributed by atoms with van der Waals surface area (Å²) in [6.45, 7) is -0.297. The Labute approximate surface area is 221 Å². The molecule has 2 amide bonds. The van der Waals surface area contributed by atoms with Gasteiger partial charge in [-0.15, -0.1) is 0 Å². The van der Waals surface area contributed by atoms with Gasteiger partial charge in [0, 0.05) is 28.8 Å². The number of anilines is 2. The number of hydrogen-bond donors (Lipinski definition) is 1. The third-order valence-electron chi connectivity index (χ3n) is 5.45. The first kappa shape index (κ1) is 25.5. The van der Waals surface area contributed by atoms with Crippen molar-refractivity contribution in [2.24, 2.45) is 5.92 Å². The molecule has 4 rings (SSSR count). The molecule has 1 fully saturated rings. The van der Waals surface area contributed by atoms with Crippen molar-refractivity contribution in [3.05, 3.63) is 76.2 Å². The fourth-order valence-electron chi connectivity index (χ4n) is 3.61. The second-order valence-electron chi connectivity index (χ2n) is 7.96. The van der Waals surface area contributed by atoms with E-state index in [4.69, 9.17) is 25.8 Å². The van der Waals surface area contributed by atoms with E-state index in [2.05, 4.69) is 21.2 Å². The highest BCUT2D eigenvalue weighted by atomic mass is 79.9. The number of nitrogens with one attached hydrogen (secondary N) is 1. The van der Waals surface area contributed by atoms with Gasteiger partial charge in [-0.05, 0) is 82.7 Å². The third-order valence-corrected chi connectivity index (χ3v) is 6.68. The summed E-state index contributed by atoms with van der Waals surface area (Å²) in [5.41, 5.74) is 1.12. The first-order valence-electron chi connectivity index (χ1n) is 11.0. The maximum Gasteiger partial charge on any atom is 0.311 e. The number of methoxy groups -OCH3 is 1. The lowest BCUT2D eigenvalue weighted by Gasteiger charge is -2.17. The van der Waals surface area contributed by atoms with Crippen LogP contribution < -0.4 is 19.7 Å². The van der Waals surface area contributed by atoms with Crippen LogP contribution in [-0.2, 0) is 19.1 Å². The predicted molar refractivity (Wildman–Crippen MR) is 139 cm³/mol. The minimum atomic E-state index is -0.664. The number of carbonyl (C=O) groups excluding carboxylic acids is 3. The summed E-state index contributed by atoms with van der Waals surface area (Å²) in [6.07, 6.45) is 0.00682. The van der Waals surface area contributed by atoms with E-state index in [-0.39, 0.29) is 18.9 Å². The lowest BCUT2D eigenvalue weighted by molar-refractivity contribution is -0.151. The number of nitrogens with zero attached hydrogens (tertiary/aromatic N) is 1. The summed E-state index contributed by atoms with van der Waals surface area (Å²) in [5.74, 6) is 0.0102. The summed E-state index contributed by atoms with van der Waals surface area (Å²) in [5, 5.41) is 3.05. The minimum Gasteiger partial charge on any atom is -0.497 e. The summed E-state index contributed by atoms with van der Waals surface area (Å²) in [4.78, 5) is 38.7. The van der Waals surface area contributed by atoms with Gasteiger partial charge in [-0.25, -0.2) is 0 Å². The van der Waals surface area contributed by atoms with Gasteiger partial charge in [-0.3, -0.25) is 14.4 Å². The monoisotopic (exact) mass is 572 g/mol. The van der Waals surface area contributed by atoms with E-state index in [9.17, 15) is 14.4 Å². The van der Waals surface area contributed by atoms with Gasteiger partial charge in [0.15, 0.2) is 6.61 Å². The van der Waals surface area contributed by atoms with Gasteiger partial charge in [-0.1, -0.05) is 11.6 Å². The molecule has 0 bridgehead atoms. The molecule has 0 aromatic heterocycles. The summed E-state index contributed by atoms with van der Waals surface area (Å²) >= 11 is 9.29. The Morgan fingerprint density at radius 2 is 1.67 bits per heavy atom. The molecule has 8 nitrogen and oxygen atoms in total. The van der Waals surface area contributed by atoms with E-state index in [0.717, 1.165) is 5.75 Å². The highest BCUT2D eigenvalue weighted by Crippen LogP contribution is 2.30. The van der Waals surface area contributed by atoms with Crippen LogP contribution in [0.25, 0.3) is 0 Å². The van der Waals surface area contributed by atoms with Crippen molar-refractivity contribution >= 4 is 56.7 Å². The van der Waals surface area contributed by atoms with Crippen molar-refractivity contribution < 1.29 is 28.6 Å². The van der Waals surface area contributed by atoms with E-state index in [1.54, 1.807) is 73.8 Å². The molecule has 1 atom stereocenters. The van der Waals surface area contributed by atoms with Gasteiger partial charge in [0.05, 0.1) is 18.1 Å². The molecule has 1 heterocycles. The highest BCUT2D eigenvalue weighted by Gasteiger charge is 2.36. The standard InChI is InChI=1S/C26H22BrClN2O6/c1-34-19-7-9-21(10-8-19)36-20-5-3-18(4-6-20)30-14-16(12-25(30)32)26(33)35-15-24(31)29-17-2-11-22(27)23(28)13-17/h2-11,13,16H,12,14-15H2,1H3,(H,29,31)/t16-/m1/s1. The third kappa shape index (κ3) is 6.35. The Morgan fingerprint density at radius 3 is 2.31 bits per heavy atom. The van der Waals surface area contributed by atoms with Crippen molar-refractivity contribution in [1.29, 1.82) is 0 Å². The van der Waals surface area contributed by atoms with Gasteiger partial charge in [0.1, 0.15) is 17.2 Å². The van der Waals surface area contributed by atoms with Crippen LogP contribution in [-0.4, -0.2) is 38.0 Å². The normalized spacial score (nSPS) is 14.9. The number of esters is 1. The number of amides is 2. The van der Waals surface area contributed by atoms with Crippen molar-refractivity contribution in [1.82, 2.24) is 0 Å². The van der Waals surface area contributed by atoms with Crippen molar-refractivity contribution in [2.45, 2.75) is 6.42 Å². The lowest BCUT2D eigenvalue weighted by atomic mass is 10.1. The Bertz CT molecular complexity index is 1270. The van der Waals surface area contributed by atoms with E-state index < -0.39 is 24.4 Å². The van der Waals surface area contributed by atoms with Crippen LogP contribution in [0, 0.1) is 5.92 Å². The average molecular weight is 574 g/mol. The second-order valence-corrected chi connectivity index (χ2v) is 9.22. The van der Waals surface area contributed by atoms with Crippen LogP contribution in [0.1, 0.15) is 6.42 Å². The van der Waals surface area contributed by atoms with Gasteiger partial charge >= 0.3 is 5.97 Å². The SMILES string of the molecule is COc1ccc(Oc2ccc(N3C[C@H](C(=O)OCC(=O)Nc4ccc(Br)c(Cl)c4)CC3=O)cc2)cc1. The predicted octanol–water partition coefficient (Wildman–Crippen LogP) is 5.44. The van der Waals surface area contributed by atoms with Crippen LogP contribution in [0.5, 0.6) is 17.2 Å². The fourth-order valence-corrected chi connectivity index (χ4v) is 4.04.